The molecule has 0 fully saturated rings. The Labute approximate surface area is 110 Å². The third kappa shape index (κ3) is 2.88. The highest BCUT2D eigenvalue weighted by Gasteiger charge is 2.24. The molecule has 1 unspecified atom stereocenters. The molecule has 5 nitrogen and oxygen atoms in total. The van der Waals surface area contributed by atoms with Crippen LogP contribution < -0.4 is 5.32 Å². The zero-order valence-corrected chi connectivity index (χ0v) is 11.1. The Bertz CT molecular complexity index is 625. The predicted molar refractivity (Wildman–Crippen MR) is 68.2 cm³/mol. The quantitative estimate of drug-likeness (QED) is 0.883. The minimum Gasteiger partial charge on any atom is -0.345 e. The van der Waals surface area contributed by atoms with Crippen LogP contribution in [-0.2, 0) is 9.84 Å². The maximum atomic E-state index is 11.9. The number of amides is 1. The highest BCUT2D eigenvalue weighted by molar-refractivity contribution is 7.94. The van der Waals surface area contributed by atoms with Crippen molar-refractivity contribution in [2.45, 2.75) is 13.0 Å². The Hall–Kier alpha value is -1.40. The van der Waals surface area contributed by atoms with Crippen LogP contribution in [0.5, 0.6) is 0 Å². The molecule has 0 aliphatic carbocycles. The summed E-state index contributed by atoms with van der Waals surface area (Å²) in [5.74, 6) is -0.547. The monoisotopic (exact) mass is 286 g/mol. The van der Waals surface area contributed by atoms with Crippen LogP contribution in [0.2, 0.25) is 5.02 Å². The standard InChI is InChI=1S/C11H11ClN2O3S/c1-7-4-10(12)9(5-13-7)11(15)14-8-2-3-18(16,17)6-8/h2-5,8H,6H2,1H3,(H,14,15). The van der Waals surface area contributed by atoms with Crippen molar-refractivity contribution in [2.75, 3.05) is 5.75 Å². The molecule has 1 aliphatic rings. The fraction of sp³-hybridized carbons (Fsp3) is 0.273. The van der Waals surface area contributed by atoms with Crippen molar-refractivity contribution in [3.8, 4) is 0 Å². The Kier molecular flexibility index (Phi) is 3.41. The van der Waals surface area contributed by atoms with Crippen molar-refractivity contribution < 1.29 is 13.2 Å². The second-order valence-electron chi connectivity index (χ2n) is 4.04. The zero-order chi connectivity index (χ0) is 13.3. The Balaban J connectivity index is 2.12. The first kappa shape index (κ1) is 13.0. The summed E-state index contributed by atoms with van der Waals surface area (Å²) < 4.78 is 22.4. The SMILES string of the molecule is Cc1cc(Cl)c(C(=O)NC2C=CS(=O)(=O)C2)cn1. The van der Waals surface area contributed by atoms with Gasteiger partial charge in [0.25, 0.3) is 5.91 Å². The van der Waals surface area contributed by atoms with E-state index in [-0.39, 0.29) is 11.3 Å². The first-order valence-corrected chi connectivity index (χ1v) is 7.31. The molecule has 1 amide bonds. The molecular formula is C11H11ClN2O3S. The van der Waals surface area contributed by atoms with Gasteiger partial charge in [-0.1, -0.05) is 11.6 Å². The van der Waals surface area contributed by atoms with Gasteiger partial charge in [-0.05, 0) is 19.1 Å². The topological polar surface area (TPSA) is 76.1 Å². The van der Waals surface area contributed by atoms with Gasteiger partial charge in [-0.25, -0.2) is 8.42 Å². The van der Waals surface area contributed by atoms with Gasteiger partial charge in [0.2, 0.25) is 0 Å². The largest absolute Gasteiger partial charge is 0.345 e. The first-order chi connectivity index (χ1) is 8.37. The predicted octanol–water partition coefficient (Wildman–Crippen LogP) is 1.08. The second-order valence-corrected chi connectivity index (χ2v) is 6.38. The van der Waals surface area contributed by atoms with Crippen LogP contribution in [0.1, 0.15) is 16.1 Å². The van der Waals surface area contributed by atoms with Crippen LogP contribution in [0, 0.1) is 6.92 Å². The van der Waals surface area contributed by atoms with Gasteiger partial charge in [0.05, 0.1) is 22.4 Å². The van der Waals surface area contributed by atoms with E-state index in [1.165, 1.54) is 12.3 Å². The minimum absolute atomic E-state index is 0.115. The van der Waals surface area contributed by atoms with Crippen molar-refractivity contribution in [3.63, 3.8) is 0 Å². The molecule has 0 bridgehead atoms. The molecule has 0 saturated carbocycles. The summed E-state index contributed by atoms with van der Waals surface area (Å²) in [5, 5.41) is 3.98. The lowest BCUT2D eigenvalue weighted by Crippen LogP contribution is -2.35. The van der Waals surface area contributed by atoms with Gasteiger partial charge in [0.1, 0.15) is 0 Å². The third-order valence-corrected chi connectivity index (χ3v) is 4.19. The van der Waals surface area contributed by atoms with Gasteiger partial charge >= 0.3 is 0 Å². The maximum absolute atomic E-state index is 11.9. The van der Waals surface area contributed by atoms with Crippen molar-refractivity contribution in [2.24, 2.45) is 0 Å². The first-order valence-electron chi connectivity index (χ1n) is 5.21. The van der Waals surface area contributed by atoms with Gasteiger partial charge in [-0.3, -0.25) is 9.78 Å². The molecule has 96 valence electrons. The number of rotatable bonds is 2. The van der Waals surface area contributed by atoms with Crippen LogP contribution in [0.3, 0.4) is 0 Å². The fourth-order valence-corrected chi connectivity index (χ4v) is 3.13. The van der Waals surface area contributed by atoms with E-state index in [2.05, 4.69) is 10.3 Å². The van der Waals surface area contributed by atoms with Crippen LogP contribution in [0.25, 0.3) is 0 Å². The Morgan fingerprint density at radius 2 is 2.28 bits per heavy atom. The highest BCUT2D eigenvalue weighted by Crippen LogP contribution is 2.16. The summed E-state index contributed by atoms with van der Waals surface area (Å²) in [4.78, 5) is 15.9. The number of hydrogen-bond donors (Lipinski definition) is 1. The lowest BCUT2D eigenvalue weighted by molar-refractivity contribution is 0.0947. The third-order valence-electron chi connectivity index (χ3n) is 2.48. The normalized spacial score (nSPS) is 20.9. The molecule has 7 heteroatoms. The van der Waals surface area contributed by atoms with Crippen molar-refractivity contribution in [3.05, 3.63) is 40.0 Å². The van der Waals surface area contributed by atoms with Crippen LogP contribution in [0.15, 0.2) is 23.7 Å². The van der Waals surface area contributed by atoms with E-state index >= 15 is 0 Å². The zero-order valence-electron chi connectivity index (χ0n) is 9.55. The summed E-state index contributed by atoms with van der Waals surface area (Å²) in [7, 11) is -3.18. The molecule has 2 heterocycles. The Morgan fingerprint density at radius 3 is 2.83 bits per heavy atom. The number of carbonyl (C=O) groups excluding carboxylic acids is 1. The molecule has 18 heavy (non-hydrogen) atoms. The summed E-state index contributed by atoms with van der Waals surface area (Å²) in [6.07, 6.45) is 2.82. The van der Waals surface area contributed by atoms with E-state index < -0.39 is 21.8 Å². The van der Waals surface area contributed by atoms with E-state index in [1.54, 1.807) is 13.0 Å². The van der Waals surface area contributed by atoms with E-state index in [1.807, 2.05) is 0 Å². The number of pyridine rings is 1. The lowest BCUT2D eigenvalue weighted by atomic mass is 10.2. The molecule has 2 rings (SSSR count). The Morgan fingerprint density at radius 1 is 1.56 bits per heavy atom. The average molecular weight is 287 g/mol. The van der Waals surface area contributed by atoms with Crippen LogP contribution in [-0.4, -0.2) is 31.1 Å². The van der Waals surface area contributed by atoms with E-state index in [4.69, 9.17) is 11.6 Å². The number of aromatic nitrogens is 1. The van der Waals surface area contributed by atoms with Crippen molar-refractivity contribution >= 4 is 27.3 Å². The molecule has 0 spiro atoms. The number of sulfone groups is 1. The van der Waals surface area contributed by atoms with Crippen molar-refractivity contribution in [1.29, 1.82) is 0 Å². The number of carbonyl (C=O) groups is 1. The molecule has 1 aromatic heterocycles. The van der Waals surface area contributed by atoms with E-state index in [0.29, 0.717) is 10.7 Å². The van der Waals surface area contributed by atoms with Crippen molar-refractivity contribution in [1.82, 2.24) is 10.3 Å². The summed E-state index contributed by atoms with van der Waals surface area (Å²) in [5.41, 5.74) is 0.944. The lowest BCUT2D eigenvalue weighted by Gasteiger charge is -2.10. The smallest absolute Gasteiger partial charge is 0.254 e. The molecule has 1 N–H and O–H groups in total. The van der Waals surface area contributed by atoms with Gasteiger partial charge < -0.3 is 5.32 Å². The molecule has 1 atom stereocenters. The van der Waals surface area contributed by atoms with E-state index in [0.717, 1.165) is 5.41 Å². The number of aryl methyl sites for hydroxylation is 1. The highest BCUT2D eigenvalue weighted by atomic mass is 35.5. The van der Waals surface area contributed by atoms with Gasteiger partial charge in [0.15, 0.2) is 9.84 Å². The fourth-order valence-electron chi connectivity index (χ4n) is 1.61. The minimum atomic E-state index is -3.18. The van der Waals surface area contributed by atoms with E-state index in [9.17, 15) is 13.2 Å². The number of nitrogens with one attached hydrogen (secondary N) is 1. The number of hydrogen-bond acceptors (Lipinski definition) is 4. The molecule has 0 aromatic carbocycles. The maximum Gasteiger partial charge on any atom is 0.254 e. The van der Waals surface area contributed by atoms with Crippen LogP contribution >= 0.6 is 11.6 Å². The average Bonchev–Trinajstić information content (AvgIpc) is 2.57. The second kappa shape index (κ2) is 4.70. The summed E-state index contributed by atoms with van der Waals surface area (Å²) in [6, 6.07) is 1.07. The molecular weight excluding hydrogens is 276 g/mol. The summed E-state index contributed by atoms with van der Waals surface area (Å²) >= 11 is 5.93. The number of halogens is 1. The molecule has 1 aliphatic heterocycles. The molecule has 0 saturated heterocycles. The van der Waals surface area contributed by atoms with Gasteiger partial charge in [-0.15, -0.1) is 0 Å². The number of nitrogens with zero attached hydrogens (tertiary/aromatic N) is 1. The molecule has 0 radical (unpaired) electrons. The molecule has 1 aromatic rings. The van der Waals surface area contributed by atoms with Crippen LogP contribution in [0.4, 0.5) is 0 Å². The van der Waals surface area contributed by atoms with Gasteiger partial charge in [-0.2, -0.15) is 0 Å². The van der Waals surface area contributed by atoms with Gasteiger partial charge in [0, 0.05) is 17.3 Å². The summed E-state index contributed by atoms with van der Waals surface area (Å²) in [6.45, 7) is 1.76.